The molecular formula is C11H11FN2O2. The molecule has 1 heterocycles. The van der Waals surface area contributed by atoms with Gasteiger partial charge in [-0.25, -0.2) is 4.39 Å². The maximum Gasteiger partial charge on any atom is 0.258 e. The van der Waals surface area contributed by atoms with Crippen LogP contribution in [0.4, 0.5) is 4.39 Å². The van der Waals surface area contributed by atoms with E-state index < -0.39 is 6.10 Å². The Kier molecular flexibility index (Phi) is 2.70. The Morgan fingerprint density at radius 1 is 1.44 bits per heavy atom. The quantitative estimate of drug-likeness (QED) is 0.846. The summed E-state index contributed by atoms with van der Waals surface area (Å²) < 4.78 is 18.0. The summed E-state index contributed by atoms with van der Waals surface area (Å²) in [7, 11) is 0. The van der Waals surface area contributed by atoms with E-state index in [1.54, 1.807) is 26.0 Å². The molecule has 1 N–H and O–H groups in total. The van der Waals surface area contributed by atoms with Crippen LogP contribution in [0.2, 0.25) is 0 Å². The number of nitrogens with zero attached hydrogens (tertiary/aromatic N) is 2. The van der Waals surface area contributed by atoms with Crippen LogP contribution in [0.25, 0.3) is 11.5 Å². The van der Waals surface area contributed by atoms with E-state index in [4.69, 9.17) is 4.52 Å². The SMILES string of the molecule is Cc1cc(-c2nc(C(C)O)no2)ccc1F. The van der Waals surface area contributed by atoms with Gasteiger partial charge in [-0.15, -0.1) is 0 Å². The lowest BCUT2D eigenvalue weighted by Gasteiger charge is -1.98. The van der Waals surface area contributed by atoms with Crippen LogP contribution in [-0.2, 0) is 0 Å². The van der Waals surface area contributed by atoms with E-state index >= 15 is 0 Å². The zero-order chi connectivity index (χ0) is 11.7. The molecule has 4 nitrogen and oxygen atoms in total. The van der Waals surface area contributed by atoms with Crippen LogP contribution in [-0.4, -0.2) is 15.2 Å². The maximum atomic E-state index is 13.0. The third-order valence-corrected chi connectivity index (χ3v) is 2.22. The van der Waals surface area contributed by atoms with Gasteiger partial charge in [0.1, 0.15) is 11.9 Å². The van der Waals surface area contributed by atoms with E-state index in [2.05, 4.69) is 10.1 Å². The topological polar surface area (TPSA) is 59.2 Å². The zero-order valence-electron chi connectivity index (χ0n) is 8.94. The first-order valence-electron chi connectivity index (χ1n) is 4.86. The van der Waals surface area contributed by atoms with Crippen molar-refractivity contribution in [2.45, 2.75) is 20.0 Å². The number of aromatic nitrogens is 2. The minimum absolute atomic E-state index is 0.219. The molecule has 1 unspecified atom stereocenters. The van der Waals surface area contributed by atoms with Gasteiger partial charge in [0.05, 0.1) is 0 Å². The number of rotatable bonds is 2. The fourth-order valence-electron chi connectivity index (χ4n) is 1.30. The first-order valence-corrected chi connectivity index (χ1v) is 4.86. The van der Waals surface area contributed by atoms with Gasteiger partial charge in [0.25, 0.3) is 5.89 Å². The summed E-state index contributed by atoms with van der Waals surface area (Å²) >= 11 is 0. The van der Waals surface area contributed by atoms with Gasteiger partial charge in [0.2, 0.25) is 0 Å². The lowest BCUT2D eigenvalue weighted by atomic mass is 10.1. The van der Waals surface area contributed by atoms with E-state index in [1.165, 1.54) is 6.07 Å². The van der Waals surface area contributed by atoms with Crippen LogP contribution < -0.4 is 0 Å². The molecule has 0 aliphatic carbocycles. The number of aryl methyl sites for hydroxylation is 1. The molecule has 0 saturated carbocycles. The van der Waals surface area contributed by atoms with Crippen LogP contribution in [0.3, 0.4) is 0 Å². The van der Waals surface area contributed by atoms with Gasteiger partial charge in [-0.05, 0) is 37.6 Å². The Hall–Kier alpha value is -1.75. The van der Waals surface area contributed by atoms with Gasteiger partial charge >= 0.3 is 0 Å². The smallest absolute Gasteiger partial charge is 0.258 e. The standard InChI is InChI=1S/C11H11FN2O2/c1-6-5-8(3-4-9(6)12)11-13-10(7(2)15)14-16-11/h3-5,7,15H,1-2H3. The van der Waals surface area contributed by atoms with E-state index in [0.717, 1.165) is 0 Å². The molecular weight excluding hydrogens is 211 g/mol. The Bertz CT molecular complexity index is 508. The summed E-state index contributed by atoms with van der Waals surface area (Å²) in [6, 6.07) is 4.52. The molecule has 0 amide bonds. The van der Waals surface area contributed by atoms with Crippen molar-refractivity contribution >= 4 is 0 Å². The third kappa shape index (κ3) is 1.94. The summed E-state index contributed by atoms with van der Waals surface area (Å²) in [5.74, 6) is 0.218. The lowest BCUT2D eigenvalue weighted by molar-refractivity contribution is 0.184. The summed E-state index contributed by atoms with van der Waals surface area (Å²) in [6.45, 7) is 3.20. The minimum atomic E-state index is -0.779. The predicted molar refractivity (Wildman–Crippen MR) is 55.1 cm³/mol. The van der Waals surface area contributed by atoms with E-state index in [-0.39, 0.29) is 17.5 Å². The average Bonchev–Trinajstić information content (AvgIpc) is 2.71. The normalized spacial score (nSPS) is 12.8. The van der Waals surface area contributed by atoms with Gasteiger partial charge < -0.3 is 9.63 Å². The number of aliphatic hydroxyl groups is 1. The molecule has 84 valence electrons. The molecule has 0 spiro atoms. The molecule has 0 aliphatic heterocycles. The Morgan fingerprint density at radius 3 is 2.75 bits per heavy atom. The highest BCUT2D eigenvalue weighted by atomic mass is 19.1. The van der Waals surface area contributed by atoms with Crippen LogP contribution >= 0.6 is 0 Å². The predicted octanol–water partition coefficient (Wildman–Crippen LogP) is 2.24. The van der Waals surface area contributed by atoms with E-state index in [0.29, 0.717) is 11.1 Å². The molecule has 0 radical (unpaired) electrons. The van der Waals surface area contributed by atoms with Gasteiger partial charge in [0.15, 0.2) is 5.82 Å². The highest BCUT2D eigenvalue weighted by Gasteiger charge is 2.13. The second-order valence-corrected chi connectivity index (χ2v) is 3.60. The van der Waals surface area contributed by atoms with Crippen LogP contribution in [0.5, 0.6) is 0 Å². The Morgan fingerprint density at radius 2 is 2.19 bits per heavy atom. The minimum Gasteiger partial charge on any atom is -0.385 e. The first-order chi connectivity index (χ1) is 7.58. The molecule has 2 aromatic rings. The molecule has 16 heavy (non-hydrogen) atoms. The molecule has 0 aliphatic rings. The lowest BCUT2D eigenvalue weighted by Crippen LogP contribution is -1.93. The number of aliphatic hydroxyl groups excluding tert-OH is 1. The molecule has 0 bridgehead atoms. The molecule has 1 atom stereocenters. The molecule has 5 heteroatoms. The van der Waals surface area contributed by atoms with Crippen LogP contribution in [0.1, 0.15) is 24.4 Å². The van der Waals surface area contributed by atoms with Gasteiger partial charge in [0, 0.05) is 5.56 Å². The third-order valence-electron chi connectivity index (χ3n) is 2.22. The van der Waals surface area contributed by atoms with Gasteiger partial charge in [-0.1, -0.05) is 5.16 Å². The monoisotopic (exact) mass is 222 g/mol. The van der Waals surface area contributed by atoms with Crippen molar-refractivity contribution in [1.82, 2.24) is 10.1 Å². The molecule has 0 saturated heterocycles. The molecule has 1 aromatic heterocycles. The fraction of sp³-hybridized carbons (Fsp3) is 0.273. The zero-order valence-corrected chi connectivity index (χ0v) is 8.94. The summed E-state index contributed by atoms with van der Waals surface area (Å²) in [5.41, 5.74) is 1.15. The highest BCUT2D eigenvalue weighted by Crippen LogP contribution is 2.21. The van der Waals surface area contributed by atoms with Crippen molar-refractivity contribution in [3.63, 3.8) is 0 Å². The Labute approximate surface area is 91.7 Å². The number of benzene rings is 1. The van der Waals surface area contributed by atoms with E-state index in [1.807, 2.05) is 0 Å². The number of halogens is 1. The van der Waals surface area contributed by atoms with Crippen molar-refractivity contribution in [3.05, 3.63) is 35.4 Å². The second kappa shape index (κ2) is 4.02. The van der Waals surface area contributed by atoms with Crippen molar-refractivity contribution in [2.24, 2.45) is 0 Å². The summed E-state index contributed by atoms with van der Waals surface area (Å²) in [5, 5.41) is 12.9. The Balaban J connectivity index is 2.39. The average molecular weight is 222 g/mol. The number of hydrogen-bond donors (Lipinski definition) is 1. The molecule has 0 fully saturated rings. The van der Waals surface area contributed by atoms with Crippen LogP contribution in [0, 0.1) is 12.7 Å². The van der Waals surface area contributed by atoms with Gasteiger partial charge in [-0.2, -0.15) is 4.98 Å². The molecule has 2 rings (SSSR count). The largest absolute Gasteiger partial charge is 0.385 e. The first kappa shape index (κ1) is 10.8. The van der Waals surface area contributed by atoms with Crippen molar-refractivity contribution in [2.75, 3.05) is 0 Å². The van der Waals surface area contributed by atoms with Crippen molar-refractivity contribution in [1.29, 1.82) is 0 Å². The van der Waals surface area contributed by atoms with Gasteiger partial charge in [-0.3, -0.25) is 0 Å². The summed E-state index contributed by atoms with van der Waals surface area (Å²) in [6.07, 6.45) is -0.779. The van der Waals surface area contributed by atoms with Crippen molar-refractivity contribution in [3.8, 4) is 11.5 Å². The van der Waals surface area contributed by atoms with E-state index in [9.17, 15) is 9.50 Å². The molecule has 1 aromatic carbocycles. The van der Waals surface area contributed by atoms with Crippen LogP contribution in [0.15, 0.2) is 22.7 Å². The van der Waals surface area contributed by atoms with Crippen molar-refractivity contribution < 1.29 is 14.0 Å². The highest BCUT2D eigenvalue weighted by molar-refractivity contribution is 5.54. The fourth-order valence-corrected chi connectivity index (χ4v) is 1.30. The second-order valence-electron chi connectivity index (χ2n) is 3.60. The summed E-state index contributed by atoms with van der Waals surface area (Å²) in [4.78, 5) is 4.00. The maximum absolute atomic E-state index is 13.0. The number of hydrogen-bond acceptors (Lipinski definition) is 4.